The molecule has 6 heteroatoms. The van der Waals surface area contributed by atoms with E-state index in [1.165, 1.54) is 0 Å². The lowest BCUT2D eigenvalue weighted by Gasteiger charge is -2.13. The number of nitrogens with one attached hydrogen (secondary N) is 2. The molecule has 0 unspecified atom stereocenters. The van der Waals surface area contributed by atoms with Crippen LogP contribution in [0.5, 0.6) is 0 Å². The van der Waals surface area contributed by atoms with E-state index in [0.717, 1.165) is 25.0 Å². The minimum atomic E-state index is -0.246. The summed E-state index contributed by atoms with van der Waals surface area (Å²) in [6, 6.07) is 1.63. The topological polar surface area (TPSA) is 79.2 Å². The largest absolute Gasteiger partial charge is 0.396 e. The summed E-state index contributed by atoms with van der Waals surface area (Å²) in [5, 5.41) is 19.1. The Kier molecular flexibility index (Phi) is 4.79. The Balaban J connectivity index is 1.87. The van der Waals surface area contributed by atoms with E-state index in [9.17, 15) is 4.79 Å². The fourth-order valence-electron chi connectivity index (χ4n) is 2.36. The third-order valence-corrected chi connectivity index (χ3v) is 3.40. The van der Waals surface area contributed by atoms with Crippen LogP contribution in [0, 0.1) is 5.92 Å². The molecule has 0 spiro atoms. The fourth-order valence-corrected chi connectivity index (χ4v) is 2.36. The lowest BCUT2D eigenvalue weighted by molar-refractivity contribution is 0.238. The summed E-state index contributed by atoms with van der Waals surface area (Å²) in [6.07, 6.45) is 6.54. The van der Waals surface area contributed by atoms with Gasteiger partial charge < -0.3 is 10.4 Å². The van der Waals surface area contributed by atoms with Gasteiger partial charge in [0.25, 0.3) is 0 Å². The third-order valence-electron chi connectivity index (χ3n) is 3.40. The average Bonchev–Trinajstić information content (AvgIpc) is 2.98. The van der Waals surface area contributed by atoms with Gasteiger partial charge in [0.2, 0.25) is 0 Å². The third kappa shape index (κ3) is 3.60. The molecule has 0 aromatic carbocycles. The first-order valence-corrected chi connectivity index (χ1v) is 7.02. The molecule has 0 saturated carbocycles. The van der Waals surface area contributed by atoms with Crippen LogP contribution in [0.3, 0.4) is 0 Å². The summed E-state index contributed by atoms with van der Waals surface area (Å²) < 4.78 is 1.67. The summed E-state index contributed by atoms with van der Waals surface area (Å²) in [5.41, 5.74) is 0.978. The molecule has 2 atom stereocenters. The number of hydrogen-bond acceptors (Lipinski definition) is 3. The number of urea groups is 1. The number of hydrogen-bond donors (Lipinski definition) is 3. The normalized spacial score (nSPS) is 21.1. The lowest BCUT2D eigenvalue weighted by atomic mass is 10.1. The van der Waals surface area contributed by atoms with Crippen molar-refractivity contribution < 1.29 is 9.90 Å². The predicted octanol–water partition coefficient (Wildman–Crippen LogP) is 1.43. The van der Waals surface area contributed by atoms with Gasteiger partial charge in [0, 0.05) is 31.7 Å². The van der Waals surface area contributed by atoms with Gasteiger partial charge in [0.15, 0.2) is 0 Å². The van der Waals surface area contributed by atoms with Gasteiger partial charge in [-0.3, -0.25) is 10.00 Å². The molecular weight excluding hydrogens is 256 g/mol. The first-order chi connectivity index (χ1) is 9.62. The van der Waals surface area contributed by atoms with E-state index in [1.54, 1.807) is 4.68 Å². The number of carbonyl (C=O) groups excluding carboxylic acids is 1. The average molecular weight is 278 g/mol. The van der Waals surface area contributed by atoms with Gasteiger partial charge in [-0.15, -0.1) is 0 Å². The van der Waals surface area contributed by atoms with Gasteiger partial charge in [-0.1, -0.05) is 25.5 Å². The predicted molar refractivity (Wildman–Crippen MR) is 77.5 cm³/mol. The Hall–Kier alpha value is -1.82. The Labute approximate surface area is 118 Å². The summed E-state index contributed by atoms with van der Waals surface area (Å²) >= 11 is 0. The molecule has 0 fully saturated rings. The maximum atomic E-state index is 11.9. The van der Waals surface area contributed by atoms with Crippen LogP contribution in [0.2, 0.25) is 0 Å². The number of rotatable bonds is 5. The Morgan fingerprint density at radius 2 is 2.35 bits per heavy atom. The first kappa shape index (κ1) is 14.6. The van der Waals surface area contributed by atoms with Crippen molar-refractivity contribution in [3.05, 3.63) is 23.9 Å². The molecule has 110 valence electrons. The minimum absolute atomic E-state index is 0.0181. The Morgan fingerprint density at radius 1 is 1.55 bits per heavy atom. The number of nitrogens with zero attached hydrogens (tertiary/aromatic N) is 2. The summed E-state index contributed by atoms with van der Waals surface area (Å²) in [6.45, 7) is 2.22. The van der Waals surface area contributed by atoms with Crippen LogP contribution in [0.25, 0.3) is 0 Å². The molecule has 6 nitrogen and oxygen atoms in total. The van der Waals surface area contributed by atoms with Crippen molar-refractivity contribution >= 4 is 11.8 Å². The number of carbonyl (C=O) groups is 1. The van der Waals surface area contributed by atoms with Gasteiger partial charge >= 0.3 is 6.03 Å². The molecule has 1 heterocycles. The van der Waals surface area contributed by atoms with Crippen LogP contribution in [0.1, 0.15) is 25.5 Å². The molecule has 0 saturated heterocycles. The van der Waals surface area contributed by atoms with Crippen molar-refractivity contribution in [1.29, 1.82) is 0 Å². The Morgan fingerprint density at radius 3 is 3.00 bits per heavy atom. The van der Waals surface area contributed by atoms with Gasteiger partial charge in [-0.25, -0.2) is 4.79 Å². The first-order valence-electron chi connectivity index (χ1n) is 7.02. The second kappa shape index (κ2) is 6.56. The molecule has 1 aliphatic carbocycles. The number of aryl methyl sites for hydroxylation is 2. The van der Waals surface area contributed by atoms with E-state index < -0.39 is 0 Å². The molecule has 2 rings (SSSR count). The summed E-state index contributed by atoms with van der Waals surface area (Å²) in [7, 11) is 1.81. The highest BCUT2D eigenvalue weighted by Gasteiger charge is 2.20. The summed E-state index contributed by atoms with van der Waals surface area (Å²) in [5.74, 6) is 0.833. The van der Waals surface area contributed by atoms with Crippen molar-refractivity contribution in [2.24, 2.45) is 13.0 Å². The number of aliphatic hydroxyl groups excluding tert-OH is 1. The van der Waals surface area contributed by atoms with Crippen molar-refractivity contribution in [3.8, 4) is 0 Å². The molecule has 1 aliphatic rings. The van der Waals surface area contributed by atoms with Crippen molar-refractivity contribution in [3.63, 3.8) is 0 Å². The van der Waals surface area contributed by atoms with Crippen LogP contribution in [0.4, 0.5) is 10.6 Å². The number of aliphatic hydroxyl groups is 1. The SMILES string of the molecule is CCCc1cc(NC(=O)N[C@@H]2C=C[C@H](CO)C2)n(C)n1. The van der Waals surface area contributed by atoms with Crippen molar-refractivity contribution in [2.75, 3.05) is 11.9 Å². The molecule has 0 bridgehead atoms. The number of anilines is 1. The zero-order valence-corrected chi connectivity index (χ0v) is 12.0. The smallest absolute Gasteiger partial charge is 0.320 e. The van der Waals surface area contributed by atoms with Gasteiger partial charge in [-0.05, 0) is 12.8 Å². The highest BCUT2D eigenvalue weighted by molar-refractivity contribution is 5.88. The van der Waals surface area contributed by atoms with E-state index >= 15 is 0 Å². The second-order valence-electron chi connectivity index (χ2n) is 5.16. The minimum Gasteiger partial charge on any atom is -0.396 e. The Bertz CT molecular complexity index is 495. The van der Waals surface area contributed by atoms with E-state index in [4.69, 9.17) is 5.11 Å². The summed E-state index contributed by atoms with van der Waals surface area (Å²) in [4.78, 5) is 11.9. The molecule has 1 aromatic heterocycles. The number of aromatic nitrogens is 2. The molecular formula is C14H22N4O2. The zero-order valence-electron chi connectivity index (χ0n) is 12.0. The van der Waals surface area contributed by atoms with Crippen LogP contribution in [-0.4, -0.2) is 33.6 Å². The molecule has 0 radical (unpaired) electrons. The van der Waals surface area contributed by atoms with Gasteiger partial charge in [0.1, 0.15) is 5.82 Å². The lowest BCUT2D eigenvalue weighted by Crippen LogP contribution is -2.36. The quantitative estimate of drug-likeness (QED) is 0.713. The van der Waals surface area contributed by atoms with E-state index in [2.05, 4.69) is 22.7 Å². The molecule has 3 N–H and O–H groups in total. The number of amides is 2. The van der Waals surface area contributed by atoms with E-state index in [0.29, 0.717) is 5.82 Å². The molecule has 20 heavy (non-hydrogen) atoms. The maximum absolute atomic E-state index is 11.9. The van der Waals surface area contributed by atoms with Crippen LogP contribution in [-0.2, 0) is 13.5 Å². The fraction of sp³-hybridized carbons (Fsp3) is 0.571. The second-order valence-corrected chi connectivity index (χ2v) is 5.16. The van der Waals surface area contributed by atoms with Crippen LogP contribution >= 0.6 is 0 Å². The van der Waals surface area contributed by atoms with Crippen molar-refractivity contribution in [2.45, 2.75) is 32.2 Å². The van der Waals surface area contributed by atoms with Gasteiger partial charge in [0.05, 0.1) is 5.69 Å². The van der Waals surface area contributed by atoms with E-state index in [-0.39, 0.29) is 24.6 Å². The maximum Gasteiger partial charge on any atom is 0.320 e. The van der Waals surface area contributed by atoms with Gasteiger partial charge in [-0.2, -0.15) is 5.10 Å². The molecule has 2 amide bonds. The monoisotopic (exact) mass is 278 g/mol. The standard InChI is InChI=1S/C14H22N4O2/c1-3-4-12-8-13(18(2)17-12)16-14(20)15-11-6-5-10(7-11)9-19/h5-6,8,10-11,19H,3-4,7,9H2,1-2H3,(H2,15,16,20)/t10-,11+/m0/s1. The van der Waals surface area contributed by atoms with Crippen LogP contribution < -0.4 is 10.6 Å². The zero-order chi connectivity index (χ0) is 14.5. The molecule has 1 aromatic rings. The van der Waals surface area contributed by atoms with Crippen LogP contribution in [0.15, 0.2) is 18.2 Å². The van der Waals surface area contributed by atoms with E-state index in [1.807, 2.05) is 25.3 Å². The van der Waals surface area contributed by atoms with Crippen molar-refractivity contribution in [1.82, 2.24) is 15.1 Å². The highest BCUT2D eigenvalue weighted by Crippen LogP contribution is 2.17. The molecule has 0 aliphatic heterocycles. The highest BCUT2D eigenvalue weighted by atomic mass is 16.3.